The molecule has 0 heterocycles. The predicted octanol–water partition coefficient (Wildman–Crippen LogP) is 2.12. The quantitative estimate of drug-likeness (QED) is 0.637. The summed E-state index contributed by atoms with van der Waals surface area (Å²) in [5.41, 5.74) is 5.82. The normalized spacial score (nSPS) is 14.3. The Morgan fingerprint density at radius 1 is 1.07 bits per heavy atom. The number of carbonyl (C=O) groups excluding carboxylic acids is 1. The first-order valence-corrected chi connectivity index (χ1v) is 8.97. The van der Waals surface area contributed by atoms with E-state index in [1.165, 1.54) is 0 Å². The Morgan fingerprint density at radius 3 is 2.07 bits per heavy atom. The van der Waals surface area contributed by atoms with Crippen molar-refractivity contribution in [3.63, 3.8) is 0 Å². The van der Waals surface area contributed by atoms with Gasteiger partial charge < -0.3 is 25.6 Å². The molecule has 7 heteroatoms. The van der Waals surface area contributed by atoms with E-state index in [4.69, 9.17) is 15.2 Å². The van der Waals surface area contributed by atoms with E-state index in [0.717, 1.165) is 5.56 Å². The summed E-state index contributed by atoms with van der Waals surface area (Å²) in [5, 5.41) is 11.9. The van der Waals surface area contributed by atoms with Gasteiger partial charge in [-0.1, -0.05) is 12.1 Å². The molecule has 0 radical (unpaired) electrons. The van der Waals surface area contributed by atoms with Crippen molar-refractivity contribution in [2.24, 2.45) is 5.73 Å². The number of nitrogens with two attached hydrogens (primary N) is 1. The second-order valence-electron chi connectivity index (χ2n) is 8.49. The van der Waals surface area contributed by atoms with Crippen LogP contribution in [0.5, 0.6) is 5.75 Å². The van der Waals surface area contributed by atoms with Gasteiger partial charge in [-0.25, -0.2) is 4.79 Å². The number of aliphatic carboxylic acids is 1. The van der Waals surface area contributed by atoms with Gasteiger partial charge in [0, 0.05) is 6.42 Å². The maximum absolute atomic E-state index is 12.2. The number of nitrogens with one attached hydrogen (secondary N) is 1. The van der Waals surface area contributed by atoms with Gasteiger partial charge in [0.25, 0.3) is 0 Å². The van der Waals surface area contributed by atoms with Crippen molar-refractivity contribution in [3.05, 3.63) is 29.8 Å². The molecule has 0 saturated heterocycles. The van der Waals surface area contributed by atoms with Gasteiger partial charge in [-0.2, -0.15) is 0 Å². The molecule has 4 N–H and O–H groups in total. The standard InChI is InChI=1S/C20H32N2O5/c1-19(2,3)26-12-15(21)17(23)22-16(18(24)25)11-13-7-9-14(10-8-13)27-20(4,5)6/h7-10,15-16H,11-12,21H2,1-6H3,(H,22,23)(H,24,25)/t15-,16-/m0/s1. The number of rotatable bonds is 8. The highest BCUT2D eigenvalue weighted by molar-refractivity contribution is 5.87. The molecule has 1 rings (SSSR count). The topological polar surface area (TPSA) is 111 Å². The minimum Gasteiger partial charge on any atom is -0.488 e. The molecule has 0 aromatic heterocycles. The summed E-state index contributed by atoms with van der Waals surface area (Å²) >= 11 is 0. The average Bonchev–Trinajstić information content (AvgIpc) is 2.51. The van der Waals surface area contributed by atoms with Crippen molar-refractivity contribution in [2.45, 2.75) is 71.2 Å². The molecule has 152 valence electrons. The van der Waals surface area contributed by atoms with Crippen LogP contribution >= 0.6 is 0 Å². The van der Waals surface area contributed by atoms with Gasteiger partial charge in [-0.05, 0) is 59.2 Å². The molecule has 0 unspecified atom stereocenters. The first-order chi connectivity index (χ1) is 12.3. The number of benzene rings is 1. The molecule has 0 saturated carbocycles. The molecule has 1 aromatic rings. The smallest absolute Gasteiger partial charge is 0.326 e. The van der Waals surface area contributed by atoms with Crippen molar-refractivity contribution in [3.8, 4) is 5.75 Å². The van der Waals surface area contributed by atoms with Crippen LogP contribution in [0.3, 0.4) is 0 Å². The lowest BCUT2D eigenvalue weighted by molar-refractivity contribution is -0.142. The maximum atomic E-state index is 12.2. The van der Waals surface area contributed by atoms with Crippen molar-refractivity contribution in [1.82, 2.24) is 5.32 Å². The predicted molar refractivity (Wildman–Crippen MR) is 104 cm³/mol. The largest absolute Gasteiger partial charge is 0.488 e. The summed E-state index contributed by atoms with van der Waals surface area (Å²) in [4.78, 5) is 23.7. The fraction of sp³-hybridized carbons (Fsp3) is 0.600. The fourth-order valence-electron chi connectivity index (χ4n) is 2.18. The van der Waals surface area contributed by atoms with Crippen molar-refractivity contribution < 1.29 is 24.2 Å². The maximum Gasteiger partial charge on any atom is 0.326 e. The van der Waals surface area contributed by atoms with Crippen LogP contribution < -0.4 is 15.8 Å². The number of amides is 1. The van der Waals surface area contributed by atoms with Gasteiger partial charge in [0.1, 0.15) is 23.4 Å². The minimum atomic E-state index is -1.12. The van der Waals surface area contributed by atoms with Gasteiger partial charge in [-0.15, -0.1) is 0 Å². The Balaban J connectivity index is 2.68. The minimum absolute atomic E-state index is 0.0144. The zero-order chi connectivity index (χ0) is 20.8. The molecule has 7 nitrogen and oxygen atoms in total. The van der Waals surface area contributed by atoms with Gasteiger partial charge in [0.05, 0.1) is 12.2 Å². The zero-order valence-electron chi connectivity index (χ0n) is 17.0. The number of carbonyl (C=O) groups is 2. The molecule has 27 heavy (non-hydrogen) atoms. The third kappa shape index (κ3) is 9.40. The molecular formula is C20H32N2O5. The highest BCUT2D eigenvalue weighted by Gasteiger charge is 2.25. The molecule has 2 atom stereocenters. The van der Waals surface area contributed by atoms with Gasteiger partial charge >= 0.3 is 5.97 Å². The summed E-state index contributed by atoms with van der Waals surface area (Å²) < 4.78 is 11.2. The van der Waals surface area contributed by atoms with Gasteiger partial charge in [-0.3, -0.25) is 4.79 Å². The Hall–Kier alpha value is -2.12. The number of carboxylic acids is 1. The van der Waals surface area contributed by atoms with Crippen LogP contribution in [0, 0.1) is 0 Å². The molecule has 0 aliphatic rings. The van der Waals surface area contributed by atoms with Crippen LogP contribution in [0.15, 0.2) is 24.3 Å². The molecule has 1 aromatic carbocycles. The SMILES string of the molecule is CC(C)(C)OC[C@H](N)C(=O)N[C@@H](Cc1ccc(OC(C)(C)C)cc1)C(=O)O. The molecule has 0 aliphatic carbocycles. The Morgan fingerprint density at radius 2 is 1.63 bits per heavy atom. The van der Waals surface area contributed by atoms with Crippen LogP contribution in [0.2, 0.25) is 0 Å². The monoisotopic (exact) mass is 380 g/mol. The van der Waals surface area contributed by atoms with Crippen LogP contribution in [0.4, 0.5) is 0 Å². The zero-order valence-corrected chi connectivity index (χ0v) is 17.0. The van der Waals surface area contributed by atoms with Gasteiger partial charge in [0.2, 0.25) is 5.91 Å². The van der Waals surface area contributed by atoms with Crippen molar-refractivity contribution in [2.75, 3.05) is 6.61 Å². The molecule has 0 bridgehead atoms. The van der Waals surface area contributed by atoms with E-state index in [2.05, 4.69) is 5.32 Å². The number of carboxylic acid groups (broad SMARTS) is 1. The van der Waals surface area contributed by atoms with Crippen molar-refractivity contribution >= 4 is 11.9 Å². The summed E-state index contributed by atoms with van der Waals surface area (Å²) in [7, 11) is 0. The van der Waals surface area contributed by atoms with E-state index in [1.54, 1.807) is 24.3 Å². The van der Waals surface area contributed by atoms with E-state index in [0.29, 0.717) is 5.75 Å². The summed E-state index contributed by atoms with van der Waals surface area (Å²) in [6.45, 7) is 11.4. The van der Waals surface area contributed by atoms with Gasteiger partial charge in [0.15, 0.2) is 0 Å². The molecule has 0 spiro atoms. The summed E-state index contributed by atoms with van der Waals surface area (Å²) in [6.07, 6.45) is 0.143. The Labute approximate surface area is 161 Å². The van der Waals surface area contributed by atoms with E-state index in [1.807, 2.05) is 41.5 Å². The lowest BCUT2D eigenvalue weighted by atomic mass is 10.1. The Kier molecular flexibility index (Phi) is 7.80. The second-order valence-corrected chi connectivity index (χ2v) is 8.49. The van der Waals surface area contributed by atoms with Crippen LogP contribution in [0.1, 0.15) is 47.1 Å². The third-order valence-corrected chi connectivity index (χ3v) is 3.43. The van der Waals surface area contributed by atoms with E-state index in [-0.39, 0.29) is 18.6 Å². The number of hydrogen-bond acceptors (Lipinski definition) is 5. The lowest BCUT2D eigenvalue weighted by Gasteiger charge is -2.23. The Bertz CT molecular complexity index is 629. The molecular weight excluding hydrogens is 348 g/mol. The highest BCUT2D eigenvalue weighted by Crippen LogP contribution is 2.19. The van der Waals surface area contributed by atoms with E-state index < -0.39 is 29.6 Å². The first kappa shape index (κ1) is 22.9. The molecule has 0 fully saturated rings. The first-order valence-electron chi connectivity index (χ1n) is 8.97. The third-order valence-electron chi connectivity index (χ3n) is 3.43. The molecule has 1 amide bonds. The van der Waals surface area contributed by atoms with E-state index >= 15 is 0 Å². The van der Waals surface area contributed by atoms with Crippen molar-refractivity contribution in [1.29, 1.82) is 0 Å². The second kappa shape index (κ2) is 9.19. The number of ether oxygens (including phenoxy) is 2. The summed E-state index contributed by atoms with van der Waals surface area (Å²) in [6, 6.07) is 5.12. The van der Waals surface area contributed by atoms with Crippen LogP contribution in [-0.4, -0.2) is 46.9 Å². The molecule has 0 aliphatic heterocycles. The van der Waals surface area contributed by atoms with Crippen LogP contribution in [-0.2, 0) is 20.7 Å². The number of hydrogen-bond donors (Lipinski definition) is 3. The highest BCUT2D eigenvalue weighted by atomic mass is 16.5. The lowest BCUT2D eigenvalue weighted by Crippen LogP contribution is -2.51. The fourth-order valence-corrected chi connectivity index (χ4v) is 2.18. The summed E-state index contributed by atoms with van der Waals surface area (Å²) in [5.74, 6) is -0.981. The van der Waals surface area contributed by atoms with Crippen LogP contribution in [0.25, 0.3) is 0 Å². The van der Waals surface area contributed by atoms with E-state index in [9.17, 15) is 14.7 Å². The average molecular weight is 380 g/mol.